The van der Waals surface area contributed by atoms with Crippen molar-refractivity contribution in [2.24, 2.45) is 0 Å². The van der Waals surface area contributed by atoms with Gasteiger partial charge in [-0.25, -0.2) is 13.1 Å². The van der Waals surface area contributed by atoms with Gasteiger partial charge < -0.3 is 10.2 Å². The molecule has 6 heteroatoms. The van der Waals surface area contributed by atoms with E-state index in [1.165, 1.54) is 0 Å². The van der Waals surface area contributed by atoms with Gasteiger partial charge >= 0.3 is 0 Å². The summed E-state index contributed by atoms with van der Waals surface area (Å²) in [6.45, 7) is 7.20. The first-order valence-corrected chi connectivity index (χ1v) is 8.10. The van der Waals surface area contributed by atoms with Crippen LogP contribution in [0.25, 0.3) is 0 Å². The Kier molecular flexibility index (Phi) is 4.44. The Labute approximate surface area is 115 Å². The van der Waals surface area contributed by atoms with Crippen molar-refractivity contribution in [3.63, 3.8) is 0 Å². The highest BCUT2D eigenvalue weighted by Gasteiger charge is 2.19. The lowest BCUT2D eigenvalue weighted by Crippen LogP contribution is -2.49. The minimum atomic E-state index is -3.35. The molecule has 2 rings (SSSR count). The maximum Gasteiger partial charge on any atom is 0.240 e. The van der Waals surface area contributed by atoms with Gasteiger partial charge in [0.05, 0.1) is 4.90 Å². The summed E-state index contributed by atoms with van der Waals surface area (Å²) >= 11 is 0. The fraction of sp³-hybridized carbons (Fsp3) is 0.538. The van der Waals surface area contributed by atoms with E-state index in [0.717, 1.165) is 25.3 Å². The molecule has 19 heavy (non-hydrogen) atoms. The molecular formula is C13H21N3O2S. The number of piperazine rings is 1. The molecule has 5 nitrogen and oxygen atoms in total. The second-order valence-electron chi connectivity index (χ2n) is 4.74. The van der Waals surface area contributed by atoms with Crippen LogP contribution in [0.4, 0.5) is 5.69 Å². The van der Waals surface area contributed by atoms with Gasteiger partial charge in [0.15, 0.2) is 0 Å². The normalized spacial score (nSPS) is 20.5. The number of sulfonamides is 1. The van der Waals surface area contributed by atoms with Crippen LogP contribution in [0.2, 0.25) is 0 Å². The van der Waals surface area contributed by atoms with E-state index in [4.69, 9.17) is 0 Å². The number of nitrogens with one attached hydrogen (secondary N) is 2. The van der Waals surface area contributed by atoms with E-state index in [9.17, 15) is 8.42 Å². The first-order chi connectivity index (χ1) is 9.04. The van der Waals surface area contributed by atoms with Crippen LogP contribution in [0.5, 0.6) is 0 Å². The first kappa shape index (κ1) is 14.3. The van der Waals surface area contributed by atoms with Gasteiger partial charge in [0.25, 0.3) is 0 Å². The lowest BCUT2D eigenvalue weighted by molar-refractivity contribution is 0.501. The Hall–Kier alpha value is -1.11. The third-order valence-electron chi connectivity index (χ3n) is 3.31. The summed E-state index contributed by atoms with van der Waals surface area (Å²) in [5.41, 5.74) is 1.07. The van der Waals surface area contributed by atoms with Gasteiger partial charge in [-0.3, -0.25) is 0 Å². The highest BCUT2D eigenvalue weighted by molar-refractivity contribution is 7.89. The summed E-state index contributed by atoms with van der Waals surface area (Å²) < 4.78 is 26.2. The fourth-order valence-corrected chi connectivity index (χ4v) is 3.36. The summed E-state index contributed by atoms with van der Waals surface area (Å²) in [6, 6.07) is 7.52. The minimum absolute atomic E-state index is 0.320. The fourth-order valence-electron chi connectivity index (χ4n) is 2.31. The molecular weight excluding hydrogens is 262 g/mol. The predicted molar refractivity (Wildman–Crippen MR) is 77.0 cm³/mol. The van der Waals surface area contributed by atoms with Crippen LogP contribution >= 0.6 is 0 Å². The maximum absolute atomic E-state index is 11.8. The molecule has 106 valence electrons. The van der Waals surface area contributed by atoms with Crippen molar-refractivity contribution in [1.82, 2.24) is 10.0 Å². The van der Waals surface area contributed by atoms with Crippen molar-refractivity contribution in [1.29, 1.82) is 0 Å². The van der Waals surface area contributed by atoms with Gasteiger partial charge in [0.1, 0.15) is 0 Å². The van der Waals surface area contributed by atoms with Crippen molar-refractivity contribution in [2.75, 3.05) is 31.1 Å². The maximum atomic E-state index is 11.8. The van der Waals surface area contributed by atoms with Crippen LogP contribution in [-0.2, 0) is 10.0 Å². The van der Waals surface area contributed by atoms with Crippen LogP contribution in [-0.4, -0.2) is 40.6 Å². The largest absolute Gasteiger partial charge is 0.366 e. The molecule has 1 aliphatic rings. The molecule has 1 aromatic rings. The molecule has 1 aliphatic heterocycles. The molecule has 2 N–H and O–H groups in total. The molecule has 0 aromatic heterocycles. The average Bonchev–Trinajstić information content (AvgIpc) is 2.39. The Morgan fingerprint density at radius 3 is 2.63 bits per heavy atom. The topological polar surface area (TPSA) is 61.4 Å². The summed E-state index contributed by atoms with van der Waals surface area (Å²) in [6.07, 6.45) is 0. The number of benzene rings is 1. The van der Waals surface area contributed by atoms with Gasteiger partial charge in [-0.05, 0) is 31.2 Å². The molecule has 1 unspecified atom stereocenters. The van der Waals surface area contributed by atoms with Gasteiger partial charge in [-0.15, -0.1) is 0 Å². The number of hydrogen-bond donors (Lipinski definition) is 2. The van der Waals surface area contributed by atoms with E-state index in [1.807, 2.05) is 12.1 Å². The third kappa shape index (κ3) is 3.26. The molecule has 1 aromatic carbocycles. The zero-order valence-electron chi connectivity index (χ0n) is 11.4. The minimum Gasteiger partial charge on any atom is -0.366 e. The Morgan fingerprint density at radius 1 is 1.37 bits per heavy atom. The highest BCUT2D eigenvalue weighted by atomic mass is 32.2. The van der Waals surface area contributed by atoms with E-state index in [0.29, 0.717) is 17.5 Å². The van der Waals surface area contributed by atoms with E-state index in [2.05, 4.69) is 21.9 Å². The lowest BCUT2D eigenvalue weighted by atomic mass is 10.2. The molecule has 0 spiro atoms. The number of hydrogen-bond acceptors (Lipinski definition) is 4. The quantitative estimate of drug-likeness (QED) is 0.857. The summed E-state index contributed by atoms with van der Waals surface area (Å²) in [7, 11) is -3.35. The zero-order chi connectivity index (χ0) is 13.9. The summed E-state index contributed by atoms with van der Waals surface area (Å²) in [4.78, 5) is 2.61. The Morgan fingerprint density at radius 2 is 2.05 bits per heavy atom. The van der Waals surface area contributed by atoms with Crippen molar-refractivity contribution >= 4 is 15.7 Å². The van der Waals surface area contributed by atoms with Crippen molar-refractivity contribution < 1.29 is 8.42 Å². The third-order valence-corrected chi connectivity index (χ3v) is 4.88. The summed E-state index contributed by atoms with van der Waals surface area (Å²) in [5.74, 6) is 0. The second kappa shape index (κ2) is 5.90. The van der Waals surface area contributed by atoms with Crippen molar-refractivity contribution in [3.8, 4) is 0 Å². The predicted octanol–water partition coefficient (Wildman–Crippen LogP) is 0.783. The highest BCUT2D eigenvalue weighted by Crippen LogP contribution is 2.20. The van der Waals surface area contributed by atoms with Gasteiger partial charge in [0, 0.05) is 37.9 Å². The van der Waals surface area contributed by atoms with Crippen LogP contribution in [0.3, 0.4) is 0 Å². The van der Waals surface area contributed by atoms with E-state index in [1.54, 1.807) is 19.1 Å². The standard InChI is InChI=1S/C13H21N3O2S/c1-3-15-19(17,18)13-6-4-12(5-7-13)16-9-8-14-10-11(16)2/h4-7,11,14-15H,3,8-10H2,1-2H3. The number of nitrogens with zero attached hydrogens (tertiary/aromatic N) is 1. The molecule has 0 aliphatic carbocycles. The van der Waals surface area contributed by atoms with Gasteiger partial charge in [-0.1, -0.05) is 6.92 Å². The Bertz CT molecular complexity index is 513. The zero-order valence-corrected chi connectivity index (χ0v) is 12.2. The molecule has 0 radical (unpaired) electrons. The smallest absolute Gasteiger partial charge is 0.240 e. The van der Waals surface area contributed by atoms with E-state index < -0.39 is 10.0 Å². The first-order valence-electron chi connectivity index (χ1n) is 6.61. The van der Waals surface area contributed by atoms with Gasteiger partial charge in [-0.2, -0.15) is 0 Å². The average molecular weight is 283 g/mol. The Balaban J connectivity index is 2.18. The molecule has 0 saturated carbocycles. The van der Waals surface area contributed by atoms with E-state index in [-0.39, 0.29) is 0 Å². The van der Waals surface area contributed by atoms with E-state index >= 15 is 0 Å². The van der Waals surface area contributed by atoms with Crippen LogP contribution in [0.15, 0.2) is 29.2 Å². The van der Waals surface area contributed by atoms with Crippen molar-refractivity contribution in [2.45, 2.75) is 24.8 Å². The summed E-state index contributed by atoms with van der Waals surface area (Å²) in [5, 5.41) is 3.34. The lowest BCUT2D eigenvalue weighted by Gasteiger charge is -2.36. The second-order valence-corrected chi connectivity index (χ2v) is 6.51. The molecule has 0 bridgehead atoms. The van der Waals surface area contributed by atoms with Crippen LogP contribution < -0.4 is 14.9 Å². The molecule has 1 fully saturated rings. The molecule has 1 saturated heterocycles. The molecule has 1 atom stereocenters. The van der Waals surface area contributed by atoms with Crippen molar-refractivity contribution in [3.05, 3.63) is 24.3 Å². The SMILES string of the molecule is CCNS(=O)(=O)c1ccc(N2CCNCC2C)cc1. The number of anilines is 1. The molecule has 0 amide bonds. The van der Waals surface area contributed by atoms with Gasteiger partial charge in [0.2, 0.25) is 10.0 Å². The monoisotopic (exact) mass is 283 g/mol. The number of rotatable bonds is 4. The van der Waals surface area contributed by atoms with Crippen LogP contribution in [0.1, 0.15) is 13.8 Å². The van der Waals surface area contributed by atoms with Crippen LogP contribution in [0, 0.1) is 0 Å². The molecule has 1 heterocycles.